The number of benzene rings is 1. The minimum absolute atomic E-state index is 0.162. The minimum Gasteiger partial charge on any atom is -0.480 e. The number of nitrogens with zero attached hydrogens (tertiary/aromatic N) is 3. The molecule has 160 valence electrons. The molecule has 0 amide bonds. The van der Waals surface area contributed by atoms with Gasteiger partial charge >= 0.3 is 17.9 Å². The van der Waals surface area contributed by atoms with Gasteiger partial charge in [0.15, 0.2) is 0 Å². The third-order valence-corrected chi connectivity index (χ3v) is 5.07. The summed E-state index contributed by atoms with van der Waals surface area (Å²) in [6.45, 7) is 3.50. The zero-order valence-corrected chi connectivity index (χ0v) is 16.7. The molecule has 1 aliphatic heterocycles. The van der Waals surface area contributed by atoms with Crippen LogP contribution in [0.1, 0.15) is 11.1 Å². The SMILES string of the molecule is Cc1ccc(C[C@H]2CN(CC(=O)O)CCN(CC(=O)O)CCN2CC(=O)O)cc1. The first-order chi connectivity index (χ1) is 13.7. The zero-order chi connectivity index (χ0) is 21.4. The fourth-order valence-corrected chi connectivity index (χ4v) is 3.61. The normalized spacial score (nSPS) is 19.8. The van der Waals surface area contributed by atoms with E-state index in [1.165, 1.54) is 0 Å². The highest BCUT2D eigenvalue weighted by molar-refractivity contribution is 5.70. The number of carbonyl (C=O) groups is 3. The van der Waals surface area contributed by atoms with E-state index in [1.54, 1.807) is 9.80 Å². The quantitative estimate of drug-likeness (QED) is 0.550. The molecule has 3 N–H and O–H groups in total. The Kier molecular flexibility index (Phi) is 8.56. The fourth-order valence-electron chi connectivity index (χ4n) is 3.61. The molecule has 1 aromatic carbocycles. The lowest BCUT2D eigenvalue weighted by atomic mass is 10.0. The van der Waals surface area contributed by atoms with E-state index in [9.17, 15) is 24.6 Å². The molecule has 9 heteroatoms. The lowest BCUT2D eigenvalue weighted by Crippen LogP contribution is -2.49. The predicted molar refractivity (Wildman–Crippen MR) is 106 cm³/mol. The molecule has 1 aromatic rings. The largest absolute Gasteiger partial charge is 0.480 e. The number of hydrogen-bond acceptors (Lipinski definition) is 6. The molecule has 9 nitrogen and oxygen atoms in total. The van der Waals surface area contributed by atoms with Gasteiger partial charge in [-0.25, -0.2) is 0 Å². The highest BCUT2D eigenvalue weighted by Gasteiger charge is 2.27. The lowest BCUT2D eigenvalue weighted by Gasteiger charge is -2.33. The van der Waals surface area contributed by atoms with Crippen molar-refractivity contribution in [2.45, 2.75) is 19.4 Å². The van der Waals surface area contributed by atoms with E-state index in [0.717, 1.165) is 11.1 Å². The summed E-state index contributed by atoms with van der Waals surface area (Å²) >= 11 is 0. The van der Waals surface area contributed by atoms with Crippen molar-refractivity contribution >= 4 is 17.9 Å². The van der Waals surface area contributed by atoms with E-state index in [0.29, 0.717) is 39.1 Å². The Bertz CT molecular complexity index is 709. The second-order valence-electron chi connectivity index (χ2n) is 7.51. The summed E-state index contributed by atoms with van der Waals surface area (Å²) in [5, 5.41) is 27.8. The van der Waals surface area contributed by atoms with E-state index < -0.39 is 17.9 Å². The molecule has 1 fully saturated rings. The van der Waals surface area contributed by atoms with Crippen LogP contribution >= 0.6 is 0 Å². The van der Waals surface area contributed by atoms with E-state index in [4.69, 9.17) is 5.11 Å². The van der Waals surface area contributed by atoms with Gasteiger partial charge in [-0.05, 0) is 18.9 Å². The van der Waals surface area contributed by atoms with Gasteiger partial charge in [-0.1, -0.05) is 29.8 Å². The van der Waals surface area contributed by atoms with Crippen LogP contribution in [-0.2, 0) is 20.8 Å². The summed E-state index contributed by atoms with van der Waals surface area (Å²) in [6, 6.07) is 7.79. The summed E-state index contributed by atoms with van der Waals surface area (Å²) in [5.41, 5.74) is 2.18. The van der Waals surface area contributed by atoms with Gasteiger partial charge in [0.25, 0.3) is 0 Å². The summed E-state index contributed by atoms with van der Waals surface area (Å²) in [5.74, 6) is -2.89. The Balaban J connectivity index is 2.26. The van der Waals surface area contributed by atoms with Crippen molar-refractivity contribution in [3.8, 4) is 0 Å². The number of rotatable bonds is 8. The molecule has 0 aliphatic carbocycles. The first-order valence-electron chi connectivity index (χ1n) is 9.62. The highest BCUT2D eigenvalue weighted by Crippen LogP contribution is 2.14. The summed E-state index contributed by atoms with van der Waals surface area (Å²) < 4.78 is 0. The van der Waals surface area contributed by atoms with Crippen LogP contribution in [0.3, 0.4) is 0 Å². The molecule has 1 heterocycles. The Morgan fingerprint density at radius 3 is 1.93 bits per heavy atom. The molecule has 0 aromatic heterocycles. The summed E-state index contributed by atoms with van der Waals surface area (Å²) in [7, 11) is 0. The first kappa shape index (κ1) is 22.8. The second-order valence-corrected chi connectivity index (χ2v) is 7.51. The molecular formula is C20H29N3O6. The molecule has 0 spiro atoms. The van der Waals surface area contributed by atoms with Gasteiger partial charge in [0.1, 0.15) is 0 Å². The van der Waals surface area contributed by atoms with Crippen molar-refractivity contribution in [1.82, 2.24) is 14.7 Å². The van der Waals surface area contributed by atoms with E-state index in [1.807, 2.05) is 36.1 Å². The summed E-state index contributed by atoms with van der Waals surface area (Å²) in [6.07, 6.45) is 0.586. The van der Waals surface area contributed by atoms with Crippen LogP contribution in [0.5, 0.6) is 0 Å². The zero-order valence-electron chi connectivity index (χ0n) is 16.7. The van der Waals surface area contributed by atoms with Crippen molar-refractivity contribution in [2.75, 3.05) is 52.4 Å². The van der Waals surface area contributed by atoms with Crippen LogP contribution < -0.4 is 0 Å². The van der Waals surface area contributed by atoms with Crippen LogP contribution in [0.25, 0.3) is 0 Å². The van der Waals surface area contributed by atoms with E-state index in [2.05, 4.69) is 0 Å². The van der Waals surface area contributed by atoms with Gasteiger partial charge in [0.05, 0.1) is 19.6 Å². The molecule has 0 radical (unpaired) electrons. The highest BCUT2D eigenvalue weighted by atomic mass is 16.4. The third-order valence-electron chi connectivity index (χ3n) is 5.07. The van der Waals surface area contributed by atoms with Gasteiger partial charge in [-0.2, -0.15) is 0 Å². The Hall–Kier alpha value is -2.49. The van der Waals surface area contributed by atoms with Gasteiger partial charge in [-0.3, -0.25) is 29.1 Å². The average molecular weight is 407 g/mol. The maximum atomic E-state index is 11.5. The topological polar surface area (TPSA) is 122 Å². The standard InChI is InChI=1S/C20H29N3O6/c1-15-2-4-16(5-3-15)10-17-11-22(13-19(26)27)7-6-21(12-18(24)25)8-9-23(17)14-20(28)29/h2-5,17H,6-14H2,1H3,(H,24,25)(H,26,27)(H,28,29)/t17-/m0/s1. The van der Waals surface area contributed by atoms with Gasteiger partial charge in [0, 0.05) is 38.8 Å². The minimum atomic E-state index is -0.965. The first-order valence-corrected chi connectivity index (χ1v) is 9.62. The van der Waals surface area contributed by atoms with Crippen LogP contribution in [0.4, 0.5) is 0 Å². The van der Waals surface area contributed by atoms with Crippen LogP contribution in [-0.4, -0.2) is 106 Å². The van der Waals surface area contributed by atoms with Crippen LogP contribution in [0, 0.1) is 6.92 Å². The van der Waals surface area contributed by atoms with Gasteiger partial charge in [0.2, 0.25) is 0 Å². The number of aryl methyl sites for hydroxylation is 1. The second kappa shape index (κ2) is 10.9. The molecule has 0 saturated carbocycles. The number of hydrogen-bond donors (Lipinski definition) is 3. The van der Waals surface area contributed by atoms with Crippen molar-refractivity contribution in [1.29, 1.82) is 0 Å². The van der Waals surface area contributed by atoms with Crippen LogP contribution in [0.15, 0.2) is 24.3 Å². The summed E-state index contributed by atoms with van der Waals surface area (Å²) in [4.78, 5) is 39.2. The molecule has 2 rings (SSSR count). The number of carboxylic acid groups (broad SMARTS) is 3. The molecule has 0 unspecified atom stereocenters. The van der Waals surface area contributed by atoms with Crippen molar-refractivity contribution < 1.29 is 29.7 Å². The molecule has 1 saturated heterocycles. The van der Waals surface area contributed by atoms with Crippen molar-refractivity contribution in [2.24, 2.45) is 0 Å². The molecular weight excluding hydrogens is 378 g/mol. The van der Waals surface area contributed by atoms with E-state index in [-0.39, 0.29) is 25.7 Å². The predicted octanol–water partition coefficient (Wildman–Crippen LogP) is 0.0795. The lowest BCUT2D eigenvalue weighted by molar-refractivity contribution is -0.140. The molecule has 1 atom stereocenters. The van der Waals surface area contributed by atoms with Crippen molar-refractivity contribution in [3.63, 3.8) is 0 Å². The maximum Gasteiger partial charge on any atom is 0.317 e. The van der Waals surface area contributed by atoms with Gasteiger partial charge < -0.3 is 15.3 Å². The Morgan fingerprint density at radius 2 is 1.34 bits per heavy atom. The average Bonchev–Trinajstić information content (AvgIpc) is 2.68. The monoisotopic (exact) mass is 407 g/mol. The van der Waals surface area contributed by atoms with Crippen molar-refractivity contribution in [3.05, 3.63) is 35.4 Å². The fraction of sp³-hybridized carbons (Fsp3) is 0.550. The maximum absolute atomic E-state index is 11.5. The third kappa shape index (κ3) is 8.18. The molecule has 29 heavy (non-hydrogen) atoms. The number of aliphatic carboxylic acids is 3. The Labute approximate surface area is 170 Å². The molecule has 1 aliphatic rings. The van der Waals surface area contributed by atoms with Crippen LogP contribution in [0.2, 0.25) is 0 Å². The number of carboxylic acids is 3. The smallest absolute Gasteiger partial charge is 0.317 e. The van der Waals surface area contributed by atoms with E-state index >= 15 is 0 Å². The Morgan fingerprint density at radius 1 is 0.828 bits per heavy atom. The van der Waals surface area contributed by atoms with Gasteiger partial charge in [-0.15, -0.1) is 0 Å². The molecule has 0 bridgehead atoms.